The van der Waals surface area contributed by atoms with Gasteiger partial charge in [0.1, 0.15) is 0 Å². The van der Waals surface area contributed by atoms with Crippen LogP contribution in [0.2, 0.25) is 0 Å². The largest absolute Gasteiger partial charge is 0.383 e. The first kappa shape index (κ1) is 8.74. The number of rotatable bonds is 0. The van der Waals surface area contributed by atoms with Crippen LogP contribution in [0.1, 0.15) is 17.5 Å². The molecule has 1 heterocycles. The summed E-state index contributed by atoms with van der Waals surface area (Å²) in [6.45, 7) is 3.12. The molecule has 74 valence electrons. The fraction of sp³-hybridized carbons (Fsp3) is 0.455. The number of hydrogen-bond acceptors (Lipinski definition) is 2. The van der Waals surface area contributed by atoms with Crippen LogP contribution in [0.5, 0.6) is 0 Å². The maximum Gasteiger partial charge on any atom is 0.0527 e. The van der Waals surface area contributed by atoms with E-state index in [0.717, 1.165) is 13.0 Å². The van der Waals surface area contributed by atoms with Crippen molar-refractivity contribution in [2.45, 2.75) is 24.8 Å². The zero-order valence-corrected chi connectivity index (χ0v) is 9.69. The number of hydrogen-bond donors (Lipinski definition) is 2. The van der Waals surface area contributed by atoms with Crippen LogP contribution in [0.15, 0.2) is 16.6 Å². The minimum Gasteiger partial charge on any atom is -0.383 e. The first-order valence-electron chi connectivity index (χ1n) is 4.94. The van der Waals surface area contributed by atoms with E-state index in [2.05, 4.69) is 40.3 Å². The first-order chi connectivity index (χ1) is 6.65. The highest BCUT2D eigenvalue weighted by Crippen LogP contribution is 2.55. The average molecular weight is 253 g/mol. The molecular formula is C11H13BrN2. The maximum absolute atomic E-state index is 6.01. The Morgan fingerprint density at radius 2 is 2.29 bits per heavy atom. The van der Waals surface area contributed by atoms with Crippen molar-refractivity contribution in [1.29, 1.82) is 0 Å². The summed E-state index contributed by atoms with van der Waals surface area (Å²) in [7, 11) is 0. The second-order valence-electron chi connectivity index (χ2n) is 4.44. The third kappa shape index (κ3) is 0.894. The molecule has 0 aromatic heterocycles. The zero-order valence-electron chi connectivity index (χ0n) is 8.10. The van der Waals surface area contributed by atoms with Crippen LogP contribution >= 0.6 is 15.9 Å². The van der Waals surface area contributed by atoms with Crippen LogP contribution in [0, 0.1) is 6.92 Å². The van der Waals surface area contributed by atoms with Gasteiger partial charge in [0.15, 0.2) is 0 Å². The van der Waals surface area contributed by atoms with Crippen molar-refractivity contribution in [1.82, 2.24) is 0 Å². The second-order valence-corrected chi connectivity index (χ2v) is 5.23. The SMILES string of the molecule is Cc1ccc2c(c1Br)NCC21CC1N. The Kier molecular flexibility index (Phi) is 1.58. The van der Waals surface area contributed by atoms with Crippen LogP contribution in [0.3, 0.4) is 0 Å². The monoisotopic (exact) mass is 252 g/mol. The molecule has 1 aromatic rings. The summed E-state index contributed by atoms with van der Waals surface area (Å²) >= 11 is 3.63. The highest BCUT2D eigenvalue weighted by atomic mass is 79.9. The summed E-state index contributed by atoms with van der Waals surface area (Å²) in [5.41, 5.74) is 10.2. The minimum absolute atomic E-state index is 0.256. The zero-order chi connectivity index (χ0) is 9.92. The standard InChI is InChI=1S/C11H13BrN2/c1-6-2-3-7-10(9(6)12)14-5-11(7)4-8(11)13/h2-3,8,14H,4-5,13H2,1H3. The third-order valence-corrected chi connectivity index (χ3v) is 4.61. The van der Waals surface area contributed by atoms with Crippen LogP contribution in [-0.4, -0.2) is 12.6 Å². The van der Waals surface area contributed by atoms with E-state index in [1.54, 1.807) is 0 Å². The fourth-order valence-electron chi connectivity index (χ4n) is 2.46. The average Bonchev–Trinajstić information content (AvgIpc) is 2.65. The highest BCUT2D eigenvalue weighted by Gasteiger charge is 2.57. The lowest BCUT2D eigenvalue weighted by Gasteiger charge is -2.09. The molecule has 1 spiro atoms. The number of aryl methyl sites for hydroxylation is 1. The van der Waals surface area contributed by atoms with Gasteiger partial charge in [-0.25, -0.2) is 0 Å². The lowest BCUT2D eigenvalue weighted by atomic mass is 9.97. The third-order valence-electron chi connectivity index (χ3n) is 3.59. The quantitative estimate of drug-likeness (QED) is 0.743. The van der Waals surface area contributed by atoms with Gasteiger partial charge in [-0.15, -0.1) is 0 Å². The van der Waals surface area contributed by atoms with Gasteiger partial charge in [-0.1, -0.05) is 12.1 Å². The minimum atomic E-state index is 0.256. The molecule has 0 radical (unpaired) electrons. The summed E-state index contributed by atoms with van der Waals surface area (Å²) in [4.78, 5) is 0. The molecule has 3 N–H and O–H groups in total. The Hall–Kier alpha value is -0.540. The molecule has 14 heavy (non-hydrogen) atoms. The molecule has 2 unspecified atom stereocenters. The number of halogens is 1. The number of nitrogens with two attached hydrogens (primary N) is 1. The van der Waals surface area contributed by atoms with Crippen LogP contribution in [0.4, 0.5) is 5.69 Å². The molecule has 1 fully saturated rings. The maximum atomic E-state index is 6.01. The van der Waals surface area contributed by atoms with Crippen molar-refractivity contribution < 1.29 is 0 Å². The topological polar surface area (TPSA) is 38.0 Å². The molecule has 2 atom stereocenters. The van der Waals surface area contributed by atoms with Gasteiger partial charge in [0.2, 0.25) is 0 Å². The van der Waals surface area contributed by atoms with Gasteiger partial charge in [0.25, 0.3) is 0 Å². The Labute approximate surface area is 92.0 Å². The summed E-state index contributed by atoms with van der Waals surface area (Å²) in [6.07, 6.45) is 1.13. The number of anilines is 1. The molecule has 0 saturated heterocycles. The molecular weight excluding hydrogens is 240 g/mol. The van der Waals surface area contributed by atoms with Gasteiger partial charge >= 0.3 is 0 Å². The summed E-state index contributed by atoms with van der Waals surface area (Å²) in [5, 5.41) is 3.47. The number of nitrogens with one attached hydrogen (secondary N) is 1. The van der Waals surface area contributed by atoms with Crippen LogP contribution in [-0.2, 0) is 5.41 Å². The normalized spacial score (nSPS) is 32.9. The van der Waals surface area contributed by atoms with E-state index in [9.17, 15) is 0 Å². The molecule has 1 saturated carbocycles. The van der Waals surface area contributed by atoms with Gasteiger partial charge in [0, 0.05) is 22.5 Å². The van der Waals surface area contributed by atoms with E-state index < -0.39 is 0 Å². The van der Waals surface area contributed by atoms with E-state index in [-0.39, 0.29) is 5.41 Å². The van der Waals surface area contributed by atoms with Crippen molar-refractivity contribution in [3.63, 3.8) is 0 Å². The van der Waals surface area contributed by atoms with Crippen LogP contribution in [0.25, 0.3) is 0 Å². The van der Waals surface area contributed by atoms with Crippen LogP contribution < -0.4 is 11.1 Å². The molecule has 1 aliphatic carbocycles. The van der Waals surface area contributed by atoms with E-state index >= 15 is 0 Å². The molecule has 2 aliphatic rings. The summed E-state index contributed by atoms with van der Waals surface area (Å²) in [6, 6.07) is 4.75. The van der Waals surface area contributed by atoms with E-state index in [4.69, 9.17) is 5.73 Å². The van der Waals surface area contributed by atoms with Crippen molar-refractivity contribution in [3.05, 3.63) is 27.7 Å². The predicted molar refractivity (Wildman–Crippen MR) is 61.6 cm³/mol. The van der Waals surface area contributed by atoms with Crippen molar-refractivity contribution >= 4 is 21.6 Å². The smallest absolute Gasteiger partial charge is 0.0527 e. The molecule has 0 amide bonds. The molecule has 3 rings (SSSR count). The van der Waals surface area contributed by atoms with Gasteiger partial charge in [-0.2, -0.15) is 0 Å². The Morgan fingerprint density at radius 1 is 1.57 bits per heavy atom. The van der Waals surface area contributed by atoms with Crippen molar-refractivity contribution in [2.75, 3.05) is 11.9 Å². The highest BCUT2D eigenvalue weighted by molar-refractivity contribution is 9.10. The van der Waals surface area contributed by atoms with Gasteiger partial charge < -0.3 is 11.1 Å². The molecule has 0 bridgehead atoms. The summed E-state index contributed by atoms with van der Waals surface area (Å²) in [5.74, 6) is 0. The summed E-state index contributed by atoms with van der Waals surface area (Å²) < 4.78 is 1.20. The Morgan fingerprint density at radius 3 is 2.93 bits per heavy atom. The van der Waals surface area contributed by atoms with Gasteiger partial charge in [-0.3, -0.25) is 0 Å². The lowest BCUT2D eigenvalue weighted by Crippen LogP contribution is -2.20. The van der Waals surface area contributed by atoms with Gasteiger partial charge in [-0.05, 0) is 40.4 Å². The molecule has 2 nitrogen and oxygen atoms in total. The van der Waals surface area contributed by atoms with E-state index in [1.165, 1.54) is 21.3 Å². The fourth-order valence-corrected chi connectivity index (χ4v) is 2.94. The predicted octanol–water partition coefficient (Wildman–Crippen LogP) is 2.15. The van der Waals surface area contributed by atoms with Crippen molar-refractivity contribution in [2.24, 2.45) is 5.73 Å². The molecule has 3 heteroatoms. The number of benzene rings is 1. The number of fused-ring (bicyclic) bond motifs is 2. The molecule has 1 aromatic carbocycles. The van der Waals surface area contributed by atoms with E-state index in [1.807, 2.05) is 0 Å². The Balaban J connectivity index is 2.19. The lowest BCUT2D eigenvalue weighted by molar-refractivity contribution is 0.733. The Bertz CT molecular complexity index is 416. The van der Waals surface area contributed by atoms with Crippen molar-refractivity contribution in [3.8, 4) is 0 Å². The first-order valence-corrected chi connectivity index (χ1v) is 5.73. The second kappa shape index (κ2) is 2.52. The van der Waals surface area contributed by atoms with Gasteiger partial charge in [0.05, 0.1) is 5.69 Å². The molecule has 1 aliphatic heterocycles. The van der Waals surface area contributed by atoms with E-state index in [0.29, 0.717) is 6.04 Å².